The van der Waals surface area contributed by atoms with E-state index in [9.17, 15) is 13.6 Å². The van der Waals surface area contributed by atoms with Gasteiger partial charge in [0.25, 0.3) is 0 Å². The maximum atomic E-state index is 13.1. The summed E-state index contributed by atoms with van der Waals surface area (Å²) in [5.41, 5.74) is 9.15. The Labute approximate surface area is 192 Å². The highest BCUT2D eigenvalue weighted by atomic mass is 35.5. The highest BCUT2D eigenvalue weighted by molar-refractivity contribution is 5.85. The van der Waals surface area contributed by atoms with E-state index in [1.54, 1.807) is 0 Å². The van der Waals surface area contributed by atoms with Crippen molar-refractivity contribution in [2.75, 3.05) is 6.61 Å². The van der Waals surface area contributed by atoms with Crippen LogP contribution in [0.25, 0.3) is 11.0 Å². The van der Waals surface area contributed by atoms with E-state index in [1.165, 1.54) is 0 Å². The zero-order valence-electron chi connectivity index (χ0n) is 18.0. The average Bonchev–Trinajstić information content (AvgIpc) is 3.48. The summed E-state index contributed by atoms with van der Waals surface area (Å²) < 4.78 is 32.0. The molecule has 3 fully saturated rings. The molecule has 6 nitrogen and oxygen atoms in total. The van der Waals surface area contributed by atoms with Crippen molar-refractivity contribution in [3.05, 3.63) is 29.6 Å². The number of benzene rings is 1. The quantitative estimate of drug-likeness (QED) is 0.555. The third-order valence-corrected chi connectivity index (χ3v) is 6.87. The molecular formula is C23H31ClF2N4O2. The van der Waals surface area contributed by atoms with E-state index in [2.05, 4.69) is 15.3 Å². The molecule has 32 heavy (non-hydrogen) atoms. The topological polar surface area (TPSA) is 93.0 Å². The fraction of sp³-hybridized carbons (Fsp3) is 0.652. The zero-order valence-corrected chi connectivity index (χ0v) is 18.8. The molecule has 1 aromatic heterocycles. The molecule has 2 saturated carbocycles. The van der Waals surface area contributed by atoms with Crippen LogP contribution in [0.5, 0.6) is 0 Å². The average molecular weight is 469 g/mol. The van der Waals surface area contributed by atoms with Gasteiger partial charge in [-0.25, -0.2) is 13.8 Å². The number of alkyl halides is 2. The molecule has 2 heterocycles. The lowest BCUT2D eigenvalue weighted by atomic mass is 9.79. The van der Waals surface area contributed by atoms with Gasteiger partial charge in [0.1, 0.15) is 5.82 Å². The van der Waals surface area contributed by atoms with Crippen molar-refractivity contribution >= 4 is 29.3 Å². The predicted octanol–water partition coefficient (Wildman–Crippen LogP) is 4.56. The number of ether oxygens (including phenoxy) is 1. The standard InChI is InChI=1S/C23H30F2N4O2.ClH/c24-23(25)11-13(12-23)9-19(30)29-21(14-4-5-14)15-6-7-16-17(10-15)28-22(27-16)20(26)18-3-1-2-8-31-18;/h6-7,10,13-14,18,20-21H,1-5,8-9,11-12,26H2,(H,27,28)(H,29,30);1H/t18-,20-,21+;/m0./s1. The number of carbonyl (C=O) groups excluding carboxylic acids is 1. The number of aromatic amines is 1. The van der Waals surface area contributed by atoms with Crippen molar-refractivity contribution < 1.29 is 18.3 Å². The van der Waals surface area contributed by atoms with Gasteiger partial charge in [-0.05, 0) is 61.6 Å². The van der Waals surface area contributed by atoms with Gasteiger partial charge < -0.3 is 20.8 Å². The number of hydrogen-bond acceptors (Lipinski definition) is 4. The number of rotatable bonds is 7. The fourth-order valence-corrected chi connectivity index (χ4v) is 4.95. The highest BCUT2D eigenvalue weighted by Crippen LogP contribution is 2.45. The Morgan fingerprint density at radius 1 is 1.28 bits per heavy atom. The molecule has 1 aromatic carbocycles. The van der Waals surface area contributed by atoms with Crippen LogP contribution in [-0.2, 0) is 9.53 Å². The Bertz CT molecular complexity index is 951. The summed E-state index contributed by atoms with van der Waals surface area (Å²) in [5, 5.41) is 3.10. The summed E-state index contributed by atoms with van der Waals surface area (Å²) in [7, 11) is 0. The molecule has 0 spiro atoms. The SMILES string of the molecule is Cl.N[C@H](c1nc2ccc([C@H](NC(=O)CC3CC(F)(F)C3)C3CC3)cc2[nH]1)[C@@H]1CCCCO1. The first-order valence-corrected chi connectivity index (χ1v) is 11.4. The zero-order chi connectivity index (χ0) is 21.6. The van der Waals surface area contributed by atoms with Crippen molar-refractivity contribution in [3.63, 3.8) is 0 Å². The lowest BCUT2D eigenvalue weighted by Crippen LogP contribution is -2.39. The van der Waals surface area contributed by atoms with E-state index in [0.29, 0.717) is 5.92 Å². The van der Waals surface area contributed by atoms with Gasteiger partial charge in [0, 0.05) is 25.9 Å². The Hall–Kier alpha value is -1.77. The van der Waals surface area contributed by atoms with Crippen molar-refractivity contribution in [1.29, 1.82) is 0 Å². The summed E-state index contributed by atoms with van der Waals surface area (Å²) in [6.07, 6.45) is 5.04. The second kappa shape index (κ2) is 9.23. The van der Waals surface area contributed by atoms with Crippen molar-refractivity contribution in [3.8, 4) is 0 Å². The minimum Gasteiger partial charge on any atom is -0.376 e. The molecule has 3 atom stereocenters. The third kappa shape index (κ3) is 5.07. The van der Waals surface area contributed by atoms with E-state index < -0.39 is 5.92 Å². The van der Waals surface area contributed by atoms with Gasteiger partial charge in [-0.15, -0.1) is 12.4 Å². The van der Waals surface area contributed by atoms with Gasteiger partial charge in [0.15, 0.2) is 0 Å². The van der Waals surface area contributed by atoms with Crippen molar-refractivity contribution in [2.45, 2.75) is 75.5 Å². The molecule has 5 rings (SSSR count). The molecule has 2 aliphatic carbocycles. The van der Waals surface area contributed by atoms with Crippen molar-refractivity contribution in [2.24, 2.45) is 17.6 Å². The summed E-state index contributed by atoms with van der Waals surface area (Å²) in [6.45, 7) is 0.740. The number of nitrogens with two attached hydrogens (primary N) is 1. The van der Waals surface area contributed by atoms with E-state index in [0.717, 1.165) is 61.1 Å². The first-order valence-electron chi connectivity index (χ1n) is 11.4. The maximum absolute atomic E-state index is 13.1. The second-order valence-electron chi connectivity index (χ2n) is 9.55. The molecule has 176 valence electrons. The van der Waals surface area contributed by atoms with Gasteiger partial charge >= 0.3 is 0 Å². The lowest BCUT2D eigenvalue weighted by Gasteiger charge is -2.34. The van der Waals surface area contributed by atoms with E-state index in [4.69, 9.17) is 10.5 Å². The van der Waals surface area contributed by atoms with E-state index >= 15 is 0 Å². The first kappa shape index (κ1) is 23.4. The fourth-order valence-electron chi connectivity index (χ4n) is 4.95. The van der Waals surface area contributed by atoms with Gasteiger partial charge in [-0.1, -0.05) is 6.07 Å². The van der Waals surface area contributed by atoms with E-state index in [-0.39, 0.29) is 61.7 Å². The molecule has 2 aromatic rings. The number of amides is 1. The monoisotopic (exact) mass is 468 g/mol. The number of carbonyl (C=O) groups is 1. The molecule has 9 heteroatoms. The molecule has 3 aliphatic rings. The Morgan fingerprint density at radius 2 is 2.06 bits per heavy atom. The van der Waals surface area contributed by atoms with Crippen LogP contribution in [0, 0.1) is 11.8 Å². The van der Waals surface area contributed by atoms with Crippen LogP contribution in [0.3, 0.4) is 0 Å². The first-order chi connectivity index (χ1) is 14.9. The number of aromatic nitrogens is 2. The number of H-pyrrole nitrogens is 1. The molecule has 1 amide bonds. The lowest BCUT2D eigenvalue weighted by molar-refractivity contribution is -0.134. The summed E-state index contributed by atoms with van der Waals surface area (Å²) in [4.78, 5) is 20.5. The van der Waals surface area contributed by atoms with Gasteiger partial charge in [-0.3, -0.25) is 4.79 Å². The molecule has 4 N–H and O–H groups in total. The number of hydrogen-bond donors (Lipinski definition) is 3. The predicted molar refractivity (Wildman–Crippen MR) is 120 cm³/mol. The number of nitrogens with one attached hydrogen (secondary N) is 2. The van der Waals surface area contributed by atoms with Crippen molar-refractivity contribution in [1.82, 2.24) is 15.3 Å². The Balaban J connectivity index is 0.00000245. The second-order valence-corrected chi connectivity index (χ2v) is 9.55. The minimum atomic E-state index is -2.59. The molecule has 1 saturated heterocycles. The highest BCUT2D eigenvalue weighted by Gasteiger charge is 2.46. The largest absolute Gasteiger partial charge is 0.376 e. The number of fused-ring (bicyclic) bond motifs is 1. The smallest absolute Gasteiger partial charge is 0.248 e. The number of nitrogens with zero attached hydrogens (tertiary/aromatic N) is 1. The summed E-state index contributed by atoms with van der Waals surface area (Å²) in [5.74, 6) is -1.83. The van der Waals surface area contributed by atoms with Gasteiger partial charge in [0.05, 0.1) is 29.2 Å². The van der Waals surface area contributed by atoms with Crippen LogP contribution < -0.4 is 11.1 Å². The van der Waals surface area contributed by atoms with Crippen LogP contribution in [0.1, 0.15) is 74.8 Å². The molecule has 0 radical (unpaired) electrons. The summed E-state index contributed by atoms with van der Waals surface area (Å²) >= 11 is 0. The number of halogens is 3. The Morgan fingerprint density at radius 3 is 2.72 bits per heavy atom. The van der Waals surface area contributed by atoms with Gasteiger partial charge in [0.2, 0.25) is 11.8 Å². The maximum Gasteiger partial charge on any atom is 0.248 e. The molecule has 0 bridgehead atoms. The van der Waals surface area contributed by atoms with Gasteiger partial charge in [-0.2, -0.15) is 0 Å². The third-order valence-electron chi connectivity index (χ3n) is 6.87. The summed E-state index contributed by atoms with van der Waals surface area (Å²) in [6, 6.07) is 5.58. The Kier molecular flexibility index (Phi) is 6.75. The van der Waals surface area contributed by atoms with Crippen LogP contribution in [0.15, 0.2) is 18.2 Å². The van der Waals surface area contributed by atoms with Crippen LogP contribution in [0.4, 0.5) is 8.78 Å². The van der Waals surface area contributed by atoms with Crippen LogP contribution >= 0.6 is 12.4 Å². The normalized spacial score (nSPS) is 24.9. The van der Waals surface area contributed by atoms with E-state index in [1.807, 2.05) is 18.2 Å². The molecule has 0 unspecified atom stereocenters. The molecular weight excluding hydrogens is 438 g/mol. The molecule has 1 aliphatic heterocycles. The van der Waals surface area contributed by atoms with Crippen LogP contribution in [0.2, 0.25) is 0 Å². The minimum absolute atomic E-state index is 0. The number of imidazole rings is 1. The van der Waals surface area contributed by atoms with Crippen LogP contribution in [-0.4, -0.2) is 34.5 Å².